The van der Waals surface area contributed by atoms with Crippen LogP contribution in [0.4, 0.5) is 14.9 Å². The van der Waals surface area contributed by atoms with Gasteiger partial charge in [0.05, 0.1) is 23.1 Å². The summed E-state index contributed by atoms with van der Waals surface area (Å²) in [7, 11) is 0. The first-order valence-corrected chi connectivity index (χ1v) is 10.3. The maximum atomic E-state index is 14.2. The summed E-state index contributed by atoms with van der Waals surface area (Å²) in [4.78, 5) is 27.3. The maximum Gasteiger partial charge on any atom is 0.404 e. The molecular formula is C23H25FN4O5. The highest BCUT2D eigenvalue weighted by atomic mass is 19.1. The summed E-state index contributed by atoms with van der Waals surface area (Å²) in [6, 6.07) is 4.54. The van der Waals surface area contributed by atoms with Crippen LogP contribution in [-0.4, -0.2) is 51.7 Å². The summed E-state index contributed by atoms with van der Waals surface area (Å²) in [6.45, 7) is 7.94. The van der Waals surface area contributed by atoms with Gasteiger partial charge < -0.3 is 15.2 Å². The highest BCUT2D eigenvalue weighted by Gasteiger charge is 2.40. The lowest BCUT2D eigenvalue weighted by molar-refractivity contribution is -0.385. The highest BCUT2D eigenvalue weighted by molar-refractivity contribution is 5.65. The third-order valence-electron chi connectivity index (χ3n) is 5.32. The molecule has 0 bridgehead atoms. The number of non-ortho nitro benzene ring substituents is 1. The lowest BCUT2D eigenvalue weighted by Gasteiger charge is -2.47. The van der Waals surface area contributed by atoms with Gasteiger partial charge in [-0.3, -0.25) is 20.0 Å². The zero-order chi connectivity index (χ0) is 24.2. The summed E-state index contributed by atoms with van der Waals surface area (Å²) in [5.41, 5.74) is -0.113. The number of nitro benzene ring substituents is 1. The molecule has 9 nitrogen and oxygen atoms in total. The number of nitro groups is 1. The lowest BCUT2D eigenvalue weighted by Crippen LogP contribution is -2.60. The molecule has 0 aliphatic carbocycles. The van der Waals surface area contributed by atoms with Crippen molar-refractivity contribution in [3.8, 4) is 23.3 Å². The van der Waals surface area contributed by atoms with Gasteiger partial charge >= 0.3 is 6.09 Å². The van der Waals surface area contributed by atoms with Crippen LogP contribution in [0.1, 0.15) is 26.3 Å². The largest absolute Gasteiger partial charge is 0.465 e. The standard InChI is InChI=1S/C23H25FN4O5/c1-23(2,3)21(26-22(29)30)16-13-27(14-16)10-4-5-15-12-25-9-8-19(15)33-20-7-6-17(28(31)32)11-18(20)24/h6-9,11-12,16,21,26H,10,13-14H2,1-3H3,(H,29,30). The van der Waals surface area contributed by atoms with Crippen molar-refractivity contribution in [2.45, 2.75) is 26.8 Å². The van der Waals surface area contributed by atoms with Crippen LogP contribution in [0.25, 0.3) is 0 Å². The minimum atomic E-state index is -1.03. The van der Waals surface area contributed by atoms with E-state index in [1.807, 2.05) is 20.8 Å². The molecule has 3 rings (SSSR count). The number of rotatable bonds is 6. The molecule has 0 saturated carbocycles. The van der Waals surface area contributed by atoms with Gasteiger partial charge in [0.25, 0.3) is 5.69 Å². The fourth-order valence-electron chi connectivity index (χ4n) is 3.74. The van der Waals surface area contributed by atoms with E-state index in [0.717, 1.165) is 25.2 Å². The minimum Gasteiger partial charge on any atom is -0.465 e. The summed E-state index contributed by atoms with van der Waals surface area (Å²) >= 11 is 0. The zero-order valence-electron chi connectivity index (χ0n) is 18.5. The molecular weight excluding hydrogens is 431 g/mol. The molecule has 1 aliphatic heterocycles. The fourth-order valence-corrected chi connectivity index (χ4v) is 3.74. The van der Waals surface area contributed by atoms with E-state index in [1.165, 1.54) is 24.5 Å². The van der Waals surface area contributed by atoms with Crippen LogP contribution in [0.15, 0.2) is 36.7 Å². The Kier molecular flexibility index (Phi) is 7.13. The Labute approximate surface area is 190 Å². The highest BCUT2D eigenvalue weighted by Crippen LogP contribution is 2.31. The normalized spacial score (nSPS) is 15.0. The van der Waals surface area contributed by atoms with Crippen molar-refractivity contribution in [1.82, 2.24) is 15.2 Å². The fraction of sp³-hybridized carbons (Fsp3) is 0.391. The number of amides is 1. The van der Waals surface area contributed by atoms with Crippen molar-refractivity contribution < 1.29 is 24.0 Å². The average Bonchev–Trinajstić information content (AvgIpc) is 2.70. The second-order valence-corrected chi connectivity index (χ2v) is 8.89. The van der Waals surface area contributed by atoms with Crippen LogP contribution < -0.4 is 10.1 Å². The van der Waals surface area contributed by atoms with Gasteiger partial charge in [-0.2, -0.15) is 0 Å². The number of benzene rings is 1. The van der Waals surface area contributed by atoms with Crippen molar-refractivity contribution in [3.63, 3.8) is 0 Å². The quantitative estimate of drug-likeness (QED) is 0.385. The number of nitrogens with zero attached hydrogens (tertiary/aromatic N) is 3. The molecule has 1 saturated heterocycles. The molecule has 1 unspecified atom stereocenters. The number of likely N-dealkylation sites (tertiary alicyclic amines) is 1. The number of aromatic nitrogens is 1. The van der Waals surface area contributed by atoms with Gasteiger partial charge in [-0.25, -0.2) is 9.18 Å². The summed E-state index contributed by atoms with van der Waals surface area (Å²) in [6.07, 6.45) is 1.95. The van der Waals surface area contributed by atoms with E-state index in [-0.39, 0.29) is 34.6 Å². The van der Waals surface area contributed by atoms with Crippen LogP contribution in [0.3, 0.4) is 0 Å². The third kappa shape index (κ3) is 6.17. The van der Waals surface area contributed by atoms with E-state index in [1.54, 1.807) is 0 Å². The second kappa shape index (κ2) is 9.83. The van der Waals surface area contributed by atoms with Crippen molar-refractivity contribution in [3.05, 3.63) is 58.2 Å². The number of carbonyl (C=O) groups is 1. The van der Waals surface area contributed by atoms with E-state index >= 15 is 0 Å². The van der Waals surface area contributed by atoms with Crippen LogP contribution in [-0.2, 0) is 0 Å². The Hall–Kier alpha value is -3.71. The van der Waals surface area contributed by atoms with Gasteiger partial charge in [0.15, 0.2) is 11.6 Å². The van der Waals surface area contributed by atoms with E-state index < -0.39 is 16.8 Å². The van der Waals surface area contributed by atoms with Gasteiger partial charge in [-0.05, 0) is 11.5 Å². The molecule has 33 heavy (non-hydrogen) atoms. The number of hydrogen-bond donors (Lipinski definition) is 2. The second-order valence-electron chi connectivity index (χ2n) is 8.89. The number of nitrogens with one attached hydrogen (secondary N) is 1. The predicted molar refractivity (Wildman–Crippen MR) is 119 cm³/mol. The molecule has 1 aromatic carbocycles. The molecule has 1 fully saturated rings. The Balaban J connectivity index is 1.63. The summed E-state index contributed by atoms with van der Waals surface area (Å²) < 4.78 is 19.8. The van der Waals surface area contributed by atoms with Crippen molar-refractivity contribution >= 4 is 11.8 Å². The summed E-state index contributed by atoms with van der Waals surface area (Å²) in [5.74, 6) is 5.49. The van der Waals surface area contributed by atoms with Gasteiger partial charge in [-0.15, -0.1) is 0 Å². The Morgan fingerprint density at radius 1 is 1.39 bits per heavy atom. The first-order valence-electron chi connectivity index (χ1n) is 10.3. The monoisotopic (exact) mass is 456 g/mol. The van der Waals surface area contributed by atoms with Gasteiger partial charge in [0, 0.05) is 49.6 Å². The number of halogens is 1. The van der Waals surface area contributed by atoms with Crippen LogP contribution in [0.5, 0.6) is 11.5 Å². The molecule has 1 amide bonds. The van der Waals surface area contributed by atoms with E-state index in [4.69, 9.17) is 9.84 Å². The number of hydrogen-bond acceptors (Lipinski definition) is 6. The van der Waals surface area contributed by atoms with Crippen LogP contribution in [0, 0.1) is 39.1 Å². The van der Waals surface area contributed by atoms with Crippen LogP contribution in [0.2, 0.25) is 0 Å². The van der Waals surface area contributed by atoms with Crippen molar-refractivity contribution in [1.29, 1.82) is 0 Å². The molecule has 1 aromatic heterocycles. The molecule has 2 aromatic rings. The van der Waals surface area contributed by atoms with Crippen molar-refractivity contribution in [2.24, 2.45) is 11.3 Å². The van der Waals surface area contributed by atoms with E-state index in [2.05, 4.69) is 27.0 Å². The van der Waals surface area contributed by atoms with Crippen molar-refractivity contribution in [2.75, 3.05) is 19.6 Å². The molecule has 1 atom stereocenters. The predicted octanol–water partition coefficient (Wildman–Crippen LogP) is 3.89. The molecule has 174 valence electrons. The van der Waals surface area contributed by atoms with Crippen LogP contribution >= 0.6 is 0 Å². The molecule has 1 aliphatic rings. The van der Waals surface area contributed by atoms with Gasteiger partial charge in [0.2, 0.25) is 0 Å². The Morgan fingerprint density at radius 3 is 2.73 bits per heavy atom. The molecule has 0 radical (unpaired) electrons. The van der Waals surface area contributed by atoms with Gasteiger partial charge in [0.1, 0.15) is 5.75 Å². The molecule has 0 spiro atoms. The summed E-state index contributed by atoms with van der Waals surface area (Å²) in [5, 5.41) is 22.5. The first-order chi connectivity index (χ1) is 15.5. The number of carboxylic acid groups (broad SMARTS) is 1. The molecule has 2 heterocycles. The molecule has 2 N–H and O–H groups in total. The zero-order valence-corrected chi connectivity index (χ0v) is 18.5. The first kappa shape index (κ1) is 23.9. The number of pyridine rings is 1. The third-order valence-corrected chi connectivity index (χ3v) is 5.32. The van der Waals surface area contributed by atoms with E-state index in [9.17, 15) is 19.3 Å². The topological polar surface area (TPSA) is 118 Å². The Morgan fingerprint density at radius 2 is 2.12 bits per heavy atom. The smallest absolute Gasteiger partial charge is 0.404 e. The molecule has 10 heteroatoms. The number of ether oxygens (including phenoxy) is 1. The van der Waals surface area contributed by atoms with E-state index in [0.29, 0.717) is 12.1 Å². The average molecular weight is 456 g/mol. The maximum absolute atomic E-state index is 14.2. The Bertz CT molecular complexity index is 1100. The SMILES string of the molecule is CC(C)(C)C(NC(=O)O)C1CN(CC#Cc2cnccc2Oc2ccc([N+](=O)[O-])cc2F)C1. The van der Waals surface area contributed by atoms with Gasteiger partial charge in [-0.1, -0.05) is 32.6 Å². The minimum absolute atomic E-state index is 0.153. The lowest BCUT2D eigenvalue weighted by atomic mass is 9.75.